The summed E-state index contributed by atoms with van der Waals surface area (Å²) in [5.74, 6) is -0.173. The van der Waals surface area contributed by atoms with Crippen LogP contribution in [0.15, 0.2) is 0 Å². The fraction of sp³-hybridized carbons (Fsp3) is 0.800. The second kappa shape index (κ2) is 8.23. The van der Waals surface area contributed by atoms with E-state index in [4.69, 9.17) is 0 Å². The van der Waals surface area contributed by atoms with Gasteiger partial charge in [0.1, 0.15) is 0 Å². The molecule has 0 aromatic carbocycles. The Morgan fingerprint density at radius 2 is 1.93 bits per heavy atom. The smallest absolute Gasteiger partial charge is 0.239 e. The van der Waals surface area contributed by atoms with Crippen LogP contribution in [0.4, 0.5) is 0 Å². The minimum absolute atomic E-state index is 0.0662. The first-order chi connectivity index (χ1) is 7.11. The van der Waals surface area contributed by atoms with Crippen LogP contribution in [0.5, 0.6) is 0 Å². The molecule has 0 aromatic heterocycles. The molecule has 0 heterocycles. The van der Waals surface area contributed by atoms with Gasteiger partial charge in [-0.3, -0.25) is 9.59 Å². The van der Waals surface area contributed by atoms with Crippen molar-refractivity contribution in [2.75, 3.05) is 33.2 Å². The molecule has 2 amide bonds. The Kier molecular flexibility index (Phi) is 7.62. The molecule has 0 unspecified atom stereocenters. The monoisotopic (exact) mass is 215 g/mol. The highest BCUT2D eigenvalue weighted by Crippen LogP contribution is 1.84. The highest BCUT2D eigenvalue weighted by atomic mass is 16.2. The Hall–Kier alpha value is -1.10. The van der Waals surface area contributed by atoms with Gasteiger partial charge >= 0.3 is 0 Å². The number of amides is 2. The fourth-order valence-corrected chi connectivity index (χ4v) is 0.991. The van der Waals surface area contributed by atoms with E-state index in [1.807, 2.05) is 13.8 Å². The van der Waals surface area contributed by atoms with Crippen LogP contribution in [0.1, 0.15) is 20.3 Å². The number of carbonyl (C=O) groups excluding carboxylic acids is 2. The van der Waals surface area contributed by atoms with Gasteiger partial charge in [-0.2, -0.15) is 0 Å². The summed E-state index contributed by atoms with van der Waals surface area (Å²) in [6.07, 6.45) is 0.904. The van der Waals surface area contributed by atoms with Crippen LogP contribution in [-0.2, 0) is 9.59 Å². The van der Waals surface area contributed by atoms with E-state index in [0.717, 1.165) is 13.0 Å². The number of nitrogens with zero attached hydrogens (tertiary/aromatic N) is 1. The Balaban J connectivity index is 3.75. The molecule has 0 spiro atoms. The van der Waals surface area contributed by atoms with Gasteiger partial charge in [0, 0.05) is 13.6 Å². The molecule has 2 N–H and O–H groups in total. The molecule has 0 fully saturated rings. The maximum Gasteiger partial charge on any atom is 0.239 e. The van der Waals surface area contributed by atoms with E-state index in [1.165, 1.54) is 4.90 Å². The van der Waals surface area contributed by atoms with Crippen molar-refractivity contribution >= 4 is 11.8 Å². The molecule has 0 saturated carbocycles. The van der Waals surface area contributed by atoms with Gasteiger partial charge < -0.3 is 15.5 Å². The summed E-state index contributed by atoms with van der Waals surface area (Å²) in [5, 5.41) is 5.64. The van der Waals surface area contributed by atoms with Crippen molar-refractivity contribution < 1.29 is 9.59 Å². The molecule has 5 heteroatoms. The molecule has 0 saturated heterocycles. The minimum Gasteiger partial charge on any atom is -0.355 e. The summed E-state index contributed by atoms with van der Waals surface area (Å²) in [5.41, 5.74) is 0. The molecular weight excluding hydrogens is 194 g/mol. The van der Waals surface area contributed by atoms with Gasteiger partial charge in [-0.05, 0) is 13.0 Å². The van der Waals surface area contributed by atoms with E-state index >= 15 is 0 Å². The highest BCUT2D eigenvalue weighted by Gasteiger charge is 2.11. The second-order valence-corrected chi connectivity index (χ2v) is 3.38. The van der Waals surface area contributed by atoms with E-state index in [9.17, 15) is 9.59 Å². The lowest BCUT2D eigenvalue weighted by Crippen LogP contribution is -2.42. The van der Waals surface area contributed by atoms with Crippen molar-refractivity contribution in [3.05, 3.63) is 0 Å². The number of rotatable bonds is 7. The predicted octanol–water partition coefficient (Wildman–Crippen LogP) is -0.419. The number of nitrogens with one attached hydrogen (secondary N) is 2. The van der Waals surface area contributed by atoms with Crippen LogP contribution in [0.2, 0.25) is 0 Å². The molecule has 5 nitrogen and oxygen atoms in total. The molecule has 0 aromatic rings. The lowest BCUT2D eigenvalue weighted by molar-refractivity contribution is -0.134. The van der Waals surface area contributed by atoms with Crippen molar-refractivity contribution in [1.29, 1.82) is 0 Å². The molecule has 0 radical (unpaired) electrons. The third kappa shape index (κ3) is 6.90. The molecule has 15 heavy (non-hydrogen) atoms. The van der Waals surface area contributed by atoms with Gasteiger partial charge in [-0.15, -0.1) is 0 Å². The van der Waals surface area contributed by atoms with E-state index < -0.39 is 0 Å². The normalized spacial score (nSPS) is 9.80. The van der Waals surface area contributed by atoms with Crippen molar-refractivity contribution in [2.24, 2.45) is 0 Å². The zero-order valence-electron chi connectivity index (χ0n) is 9.80. The Labute approximate surface area is 91.2 Å². The standard InChI is InChI=1S/C10H21N3O2/c1-4-6-12-9(14)8-13(3)10(15)7-11-5-2/h11H,4-8H2,1-3H3,(H,12,14). The Bertz CT molecular complexity index is 207. The summed E-state index contributed by atoms with van der Waals surface area (Å²) in [7, 11) is 1.63. The number of likely N-dealkylation sites (N-methyl/N-ethyl adjacent to an activating group) is 2. The van der Waals surface area contributed by atoms with Gasteiger partial charge in [0.2, 0.25) is 11.8 Å². The van der Waals surface area contributed by atoms with E-state index in [0.29, 0.717) is 6.54 Å². The van der Waals surface area contributed by atoms with Crippen molar-refractivity contribution in [3.8, 4) is 0 Å². The average Bonchev–Trinajstić information content (AvgIpc) is 2.22. The van der Waals surface area contributed by atoms with Gasteiger partial charge in [0.15, 0.2) is 0 Å². The fourth-order valence-electron chi connectivity index (χ4n) is 0.991. The first-order valence-corrected chi connectivity index (χ1v) is 5.33. The second-order valence-electron chi connectivity index (χ2n) is 3.38. The molecule has 0 aliphatic heterocycles. The highest BCUT2D eigenvalue weighted by molar-refractivity contribution is 5.85. The topological polar surface area (TPSA) is 61.4 Å². The van der Waals surface area contributed by atoms with Crippen molar-refractivity contribution in [1.82, 2.24) is 15.5 Å². The minimum atomic E-state index is -0.107. The lowest BCUT2D eigenvalue weighted by atomic mass is 10.4. The van der Waals surface area contributed by atoms with Gasteiger partial charge in [0.25, 0.3) is 0 Å². The molecule has 0 rings (SSSR count). The first-order valence-electron chi connectivity index (χ1n) is 5.33. The summed E-state index contributed by atoms with van der Waals surface area (Å²) in [6, 6.07) is 0. The SMILES string of the molecule is CCCNC(=O)CN(C)C(=O)CNCC. The van der Waals surface area contributed by atoms with Gasteiger partial charge in [0.05, 0.1) is 13.1 Å². The van der Waals surface area contributed by atoms with E-state index in [-0.39, 0.29) is 24.9 Å². The Morgan fingerprint density at radius 1 is 1.27 bits per heavy atom. The largest absolute Gasteiger partial charge is 0.355 e. The lowest BCUT2D eigenvalue weighted by Gasteiger charge is -2.16. The maximum absolute atomic E-state index is 11.4. The summed E-state index contributed by atoms with van der Waals surface area (Å²) >= 11 is 0. The zero-order valence-corrected chi connectivity index (χ0v) is 9.80. The zero-order chi connectivity index (χ0) is 11.7. The quantitative estimate of drug-likeness (QED) is 0.606. The molecule has 0 bridgehead atoms. The summed E-state index contributed by atoms with van der Waals surface area (Å²) in [6.45, 7) is 5.75. The number of hydrogen-bond donors (Lipinski definition) is 2. The van der Waals surface area contributed by atoms with Crippen molar-refractivity contribution in [3.63, 3.8) is 0 Å². The van der Waals surface area contributed by atoms with Crippen LogP contribution in [0.3, 0.4) is 0 Å². The third-order valence-corrected chi connectivity index (χ3v) is 1.90. The maximum atomic E-state index is 11.4. The van der Waals surface area contributed by atoms with Crippen molar-refractivity contribution in [2.45, 2.75) is 20.3 Å². The van der Waals surface area contributed by atoms with E-state index in [2.05, 4.69) is 10.6 Å². The van der Waals surface area contributed by atoms with Crippen LogP contribution < -0.4 is 10.6 Å². The summed E-state index contributed by atoms with van der Waals surface area (Å²) in [4.78, 5) is 24.1. The first kappa shape index (κ1) is 13.9. The number of carbonyl (C=O) groups is 2. The molecule has 88 valence electrons. The van der Waals surface area contributed by atoms with Gasteiger partial charge in [-0.25, -0.2) is 0 Å². The molecule has 0 aliphatic rings. The van der Waals surface area contributed by atoms with Crippen LogP contribution in [0.25, 0.3) is 0 Å². The van der Waals surface area contributed by atoms with Crippen LogP contribution in [-0.4, -0.2) is 49.9 Å². The summed E-state index contributed by atoms with van der Waals surface area (Å²) < 4.78 is 0. The molecule has 0 aliphatic carbocycles. The molecular formula is C10H21N3O2. The van der Waals surface area contributed by atoms with Crippen LogP contribution in [0, 0.1) is 0 Å². The predicted molar refractivity (Wildman–Crippen MR) is 59.5 cm³/mol. The van der Waals surface area contributed by atoms with Crippen LogP contribution >= 0.6 is 0 Å². The third-order valence-electron chi connectivity index (χ3n) is 1.90. The van der Waals surface area contributed by atoms with E-state index in [1.54, 1.807) is 7.05 Å². The number of hydrogen-bond acceptors (Lipinski definition) is 3. The Morgan fingerprint density at radius 3 is 2.47 bits per heavy atom. The van der Waals surface area contributed by atoms with Gasteiger partial charge in [-0.1, -0.05) is 13.8 Å². The molecule has 0 atom stereocenters. The average molecular weight is 215 g/mol.